The van der Waals surface area contributed by atoms with E-state index in [1.807, 2.05) is 13.0 Å². The van der Waals surface area contributed by atoms with Gasteiger partial charge in [0.25, 0.3) is 5.91 Å². The molecule has 0 aliphatic carbocycles. The number of aryl methyl sites for hydroxylation is 1. The number of halogens is 2. The van der Waals surface area contributed by atoms with Gasteiger partial charge in [-0.05, 0) is 42.8 Å². The van der Waals surface area contributed by atoms with Crippen LogP contribution >= 0.6 is 22.9 Å². The lowest BCUT2D eigenvalue weighted by Crippen LogP contribution is -2.21. The Balaban J connectivity index is 1.68. The molecule has 0 spiro atoms. The second-order valence-corrected chi connectivity index (χ2v) is 7.14. The fourth-order valence-corrected chi connectivity index (χ4v) is 3.90. The average molecular weight is 408 g/mol. The van der Waals surface area contributed by atoms with E-state index in [2.05, 4.69) is 5.32 Å². The number of ether oxygens (including phenoxy) is 2. The molecule has 5 nitrogen and oxygen atoms in total. The lowest BCUT2D eigenvalue weighted by Gasteiger charge is -2.11. The topological polar surface area (TPSA) is 64.6 Å². The van der Waals surface area contributed by atoms with Crippen LogP contribution in [0.3, 0.4) is 0 Å². The summed E-state index contributed by atoms with van der Waals surface area (Å²) in [6, 6.07) is 9.37. The Morgan fingerprint density at radius 1 is 1.22 bits per heavy atom. The van der Waals surface area contributed by atoms with E-state index in [0.717, 1.165) is 16.9 Å². The zero-order valence-corrected chi connectivity index (χ0v) is 16.0. The number of hydrogen-bond acceptors (Lipinski definition) is 5. The fraction of sp³-hybridized carbons (Fsp3) is 0.158. The van der Waals surface area contributed by atoms with E-state index in [1.165, 1.54) is 25.3 Å². The third-order valence-electron chi connectivity index (χ3n) is 3.74. The number of amides is 1. The molecule has 1 heterocycles. The molecule has 1 aromatic heterocycles. The average Bonchev–Trinajstić information content (AvgIpc) is 2.96. The molecule has 0 radical (unpaired) electrons. The Morgan fingerprint density at radius 3 is 2.74 bits per heavy atom. The number of fused-ring (bicyclic) bond motifs is 1. The number of hydrogen-bond donors (Lipinski definition) is 1. The van der Waals surface area contributed by atoms with Gasteiger partial charge in [-0.3, -0.25) is 4.79 Å². The van der Waals surface area contributed by atoms with Crippen molar-refractivity contribution in [3.8, 4) is 5.75 Å². The van der Waals surface area contributed by atoms with Gasteiger partial charge in [0.15, 0.2) is 6.61 Å². The first-order valence-electron chi connectivity index (χ1n) is 7.88. The molecule has 27 heavy (non-hydrogen) atoms. The molecule has 0 saturated carbocycles. The summed E-state index contributed by atoms with van der Waals surface area (Å²) < 4.78 is 24.1. The van der Waals surface area contributed by atoms with Crippen molar-refractivity contribution in [2.45, 2.75) is 6.92 Å². The van der Waals surface area contributed by atoms with Gasteiger partial charge in [0.05, 0.1) is 17.8 Å². The predicted molar refractivity (Wildman–Crippen MR) is 103 cm³/mol. The summed E-state index contributed by atoms with van der Waals surface area (Å²) in [5.41, 5.74) is 1.42. The van der Waals surface area contributed by atoms with Gasteiger partial charge in [0.2, 0.25) is 0 Å². The number of carbonyl (C=O) groups is 2. The summed E-state index contributed by atoms with van der Waals surface area (Å²) >= 11 is 7.19. The maximum Gasteiger partial charge on any atom is 0.350 e. The number of rotatable bonds is 5. The van der Waals surface area contributed by atoms with E-state index >= 15 is 0 Å². The molecule has 3 rings (SSSR count). The third kappa shape index (κ3) is 4.20. The van der Waals surface area contributed by atoms with E-state index in [9.17, 15) is 14.0 Å². The van der Waals surface area contributed by atoms with Crippen molar-refractivity contribution >= 4 is 50.6 Å². The van der Waals surface area contributed by atoms with Crippen molar-refractivity contribution in [2.24, 2.45) is 0 Å². The molecular weight excluding hydrogens is 393 g/mol. The Hall–Kier alpha value is -2.64. The highest BCUT2D eigenvalue weighted by Gasteiger charge is 2.20. The predicted octanol–water partition coefficient (Wildman–Crippen LogP) is 4.81. The zero-order valence-electron chi connectivity index (χ0n) is 14.5. The van der Waals surface area contributed by atoms with Crippen LogP contribution in [0.2, 0.25) is 5.02 Å². The number of anilines is 1. The van der Waals surface area contributed by atoms with Crippen LogP contribution in [0.1, 0.15) is 15.2 Å². The van der Waals surface area contributed by atoms with Crippen molar-refractivity contribution in [1.29, 1.82) is 0 Å². The highest BCUT2D eigenvalue weighted by atomic mass is 35.5. The van der Waals surface area contributed by atoms with Gasteiger partial charge >= 0.3 is 5.97 Å². The first kappa shape index (κ1) is 19.1. The molecule has 0 fully saturated rings. The molecular formula is C19H15ClFNO4S. The van der Waals surface area contributed by atoms with Crippen LogP contribution in [0.25, 0.3) is 10.1 Å². The van der Waals surface area contributed by atoms with Gasteiger partial charge in [-0.15, -0.1) is 11.3 Å². The number of benzene rings is 2. The number of thiophene rings is 1. The van der Waals surface area contributed by atoms with Gasteiger partial charge in [0, 0.05) is 10.1 Å². The Labute approximate surface area is 163 Å². The monoisotopic (exact) mass is 407 g/mol. The Kier molecular flexibility index (Phi) is 5.62. The smallest absolute Gasteiger partial charge is 0.350 e. The molecule has 140 valence electrons. The van der Waals surface area contributed by atoms with Crippen molar-refractivity contribution in [2.75, 3.05) is 19.0 Å². The Morgan fingerprint density at radius 2 is 2.00 bits per heavy atom. The summed E-state index contributed by atoms with van der Waals surface area (Å²) in [5, 5.41) is 3.38. The van der Waals surface area contributed by atoms with Crippen LogP contribution in [0.4, 0.5) is 10.1 Å². The van der Waals surface area contributed by atoms with Crippen molar-refractivity contribution in [3.05, 3.63) is 57.7 Å². The summed E-state index contributed by atoms with van der Waals surface area (Å²) in [4.78, 5) is 24.5. The quantitative estimate of drug-likeness (QED) is 0.616. The first-order valence-corrected chi connectivity index (χ1v) is 9.07. The van der Waals surface area contributed by atoms with E-state index in [0.29, 0.717) is 21.5 Å². The molecule has 1 N–H and O–H groups in total. The van der Waals surface area contributed by atoms with E-state index in [1.54, 1.807) is 12.1 Å². The molecule has 0 atom stereocenters. The minimum atomic E-state index is -0.743. The van der Waals surface area contributed by atoms with Crippen molar-refractivity contribution in [3.63, 3.8) is 0 Å². The summed E-state index contributed by atoms with van der Waals surface area (Å²) in [7, 11) is 1.49. The normalized spacial score (nSPS) is 10.7. The number of carbonyl (C=O) groups excluding carboxylic acids is 2. The molecule has 0 aliphatic rings. The van der Waals surface area contributed by atoms with Gasteiger partial charge in [0.1, 0.15) is 16.4 Å². The van der Waals surface area contributed by atoms with Gasteiger partial charge in [-0.25, -0.2) is 9.18 Å². The van der Waals surface area contributed by atoms with Gasteiger partial charge < -0.3 is 14.8 Å². The number of esters is 1. The van der Waals surface area contributed by atoms with Crippen molar-refractivity contribution in [1.82, 2.24) is 0 Å². The molecule has 0 bridgehead atoms. The zero-order chi connectivity index (χ0) is 19.6. The maximum atomic E-state index is 13.3. The number of methoxy groups -OCH3 is 1. The van der Waals surface area contributed by atoms with Gasteiger partial charge in [-0.2, -0.15) is 0 Å². The lowest BCUT2D eigenvalue weighted by molar-refractivity contribution is -0.119. The summed E-state index contributed by atoms with van der Waals surface area (Å²) in [6.45, 7) is 1.39. The highest BCUT2D eigenvalue weighted by molar-refractivity contribution is 7.21. The van der Waals surface area contributed by atoms with E-state index in [-0.39, 0.29) is 9.90 Å². The fourth-order valence-electron chi connectivity index (χ4n) is 2.47. The van der Waals surface area contributed by atoms with Gasteiger partial charge in [-0.1, -0.05) is 17.7 Å². The van der Waals surface area contributed by atoms with Crippen LogP contribution in [-0.2, 0) is 9.53 Å². The summed E-state index contributed by atoms with van der Waals surface area (Å²) in [6.07, 6.45) is 0. The SMILES string of the molecule is COc1ccc(C)cc1NC(=O)COC(=O)c1sc2cc(F)ccc2c1Cl. The largest absolute Gasteiger partial charge is 0.495 e. The molecule has 3 aromatic rings. The first-order chi connectivity index (χ1) is 12.9. The molecule has 2 aromatic carbocycles. The summed E-state index contributed by atoms with van der Waals surface area (Å²) in [5.74, 6) is -1.19. The molecule has 1 amide bonds. The van der Waals surface area contributed by atoms with Crippen LogP contribution in [0, 0.1) is 12.7 Å². The molecule has 8 heteroatoms. The molecule has 0 saturated heterocycles. The third-order valence-corrected chi connectivity index (χ3v) is 5.38. The van der Waals surface area contributed by atoms with E-state index in [4.69, 9.17) is 21.1 Å². The van der Waals surface area contributed by atoms with Crippen LogP contribution in [-0.4, -0.2) is 25.6 Å². The highest BCUT2D eigenvalue weighted by Crippen LogP contribution is 2.36. The maximum absolute atomic E-state index is 13.3. The minimum Gasteiger partial charge on any atom is -0.495 e. The van der Waals surface area contributed by atoms with E-state index < -0.39 is 24.3 Å². The van der Waals surface area contributed by atoms with Crippen LogP contribution < -0.4 is 10.1 Å². The molecule has 0 aliphatic heterocycles. The second-order valence-electron chi connectivity index (χ2n) is 5.71. The van der Waals surface area contributed by atoms with Crippen molar-refractivity contribution < 1.29 is 23.5 Å². The Bertz CT molecular complexity index is 1030. The van der Waals surface area contributed by atoms with Crippen LogP contribution in [0.5, 0.6) is 5.75 Å². The molecule has 0 unspecified atom stereocenters. The standard InChI is InChI=1S/C19H15ClFNO4S/c1-10-3-6-14(25-2)13(7-10)22-16(23)9-26-19(24)18-17(20)12-5-4-11(21)8-15(12)27-18/h3-8H,9H2,1-2H3,(H,22,23). The lowest BCUT2D eigenvalue weighted by atomic mass is 10.2. The van der Waals surface area contributed by atoms with Crippen LogP contribution in [0.15, 0.2) is 36.4 Å². The second kappa shape index (κ2) is 7.94. The minimum absolute atomic E-state index is 0.123. The number of nitrogens with one attached hydrogen (secondary N) is 1.